The molecule has 0 amide bonds. The second kappa shape index (κ2) is 5.60. The van der Waals surface area contributed by atoms with Gasteiger partial charge in [-0.05, 0) is 34.7 Å². The van der Waals surface area contributed by atoms with Gasteiger partial charge in [-0.25, -0.2) is 13.1 Å². The predicted molar refractivity (Wildman–Crippen MR) is 87.0 cm³/mol. The summed E-state index contributed by atoms with van der Waals surface area (Å²) in [7, 11) is -3.46. The Kier molecular flexibility index (Phi) is 3.80. The summed E-state index contributed by atoms with van der Waals surface area (Å²) in [6, 6.07) is 17.0. The quantitative estimate of drug-likeness (QED) is 0.792. The highest BCUT2D eigenvalue weighted by molar-refractivity contribution is 7.91. The molecule has 0 spiro atoms. The fourth-order valence-electron chi connectivity index (χ4n) is 2.40. The Morgan fingerprint density at radius 3 is 2.52 bits per heavy atom. The fourth-order valence-corrected chi connectivity index (χ4v) is 4.63. The van der Waals surface area contributed by atoms with Crippen molar-refractivity contribution in [3.05, 3.63) is 65.5 Å². The molecule has 1 atom stereocenters. The normalized spacial score (nSPS) is 13.4. The van der Waals surface area contributed by atoms with Crippen LogP contribution in [-0.2, 0) is 10.0 Å². The lowest BCUT2D eigenvalue weighted by atomic mass is 10.0. The number of thiophene rings is 1. The van der Waals surface area contributed by atoms with E-state index in [9.17, 15) is 8.42 Å². The van der Waals surface area contributed by atoms with Gasteiger partial charge in [0, 0.05) is 6.04 Å². The van der Waals surface area contributed by atoms with Crippen LogP contribution in [0.1, 0.15) is 18.5 Å². The van der Waals surface area contributed by atoms with Gasteiger partial charge in [0.15, 0.2) is 0 Å². The molecule has 0 bridgehead atoms. The second-order valence-corrected chi connectivity index (χ2v) is 7.73. The van der Waals surface area contributed by atoms with Gasteiger partial charge in [-0.2, -0.15) is 0 Å². The van der Waals surface area contributed by atoms with Crippen LogP contribution in [0.25, 0.3) is 10.8 Å². The maximum Gasteiger partial charge on any atom is 0.250 e. The first kappa shape index (κ1) is 14.3. The monoisotopic (exact) mass is 317 g/mol. The first-order valence-electron chi connectivity index (χ1n) is 6.61. The van der Waals surface area contributed by atoms with E-state index in [1.165, 1.54) is 11.3 Å². The van der Waals surface area contributed by atoms with Gasteiger partial charge in [0.2, 0.25) is 0 Å². The van der Waals surface area contributed by atoms with E-state index in [1.54, 1.807) is 17.5 Å². The van der Waals surface area contributed by atoms with E-state index in [2.05, 4.69) is 4.72 Å². The Morgan fingerprint density at radius 1 is 1.00 bits per heavy atom. The van der Waals surface area contributed by atoms with Crippen LogP contribution < -0.4 is 4.72 Å². The van der Waals surface area contributed by atoms with Crippen molar-refractivity contribution >= 4 is 32.1 Å². The highest BCUT2D eigenvalue weighted by Gasteiger charge is 2.20. The molecule has 5 heteroatoms. The zero-order valence-corrected chi connectivity index (χ0v) is 13.1. The lowest BCUT2D eigenvalue weighted by Crippen LogP contribution is -2.26. The molecule has 3 rings (SSSR count). The third kappa shape index (κ3) is 2.85. The van der Waals surface area contributed by atoms with Crippen molar-refractivity contribution in [2.75, 3.05) is 0 Å². The van der Waals surface area contributed by atoms with Crippen molar-refractivity contribution < 1.29 is 8.42 Å². The Balaban J connectivity index is 1.97. The van der Waals surface area contributed by atoms with Crippen molar-refractivity contribution in [3.8, 4) is 0 Å². The second-order valence-electron chi connectivity index (χ2n) is 4.84. The van der Waals surface area contributed by atoms with E-state index in [0.29, 0.717) is 4.21 Å². The van der Waals surface area contributed by atoms with Crippen LogP contribution in [0.2, 0.25) is 0 Å². The third-order valence-electron chi connectivity index (χ3n) is 3.38. The van der Waals surface area contributed by atoms with Gasteiger partial charge in [0.05, 0.1) is 0 Å². The van der Waals surface area contributed by atoms with Gasteiger partial charge in [-0.3, -0.25) is 0 Å². The topological polar surface area (TPSA) is 46.2 Å². The maximum absolute atomic E-state index is 12.3. The van der Waals surface area contributed by atoms with Crippen LogP contribution >= 0.6 is 11.3 Å². The van der Waals surface area contributed by atoms with Gasteiger partial charge >= 0.3 is 0 Å². The first-order valence-corrected chi connectivity index (χ1v) is 8.98. The van der Waals surface area contributed by atoms with Crippen LogP contribution in [-0.4, -0.2) is 8.42 Å². The van der Waals surface area contributed by atoms with Crippen LogP contribution in [0.4, 0.5) is 0 Å². The van der Waals surface area contributed by atoms with E-state index in [4.69, 9.17) is 0 Å². The van der Waals surface area contributed by atoms with E-state index in [1.807, 2.05) is 49.4 Å². The van der Waals surface area contributed by atoms with Crippen molar-refractivity contribution in [1.29, 1.82) is 0 Å². The zero-order valence-electron chi connectivity index (χ0n) is 11.5. The minimum Gasteiger partial charge on any atom is -0.206 e. The summed E-state index contributed by atoms with van der Waals surface area (Å²) in [6.07, 6.45) is 0. The molecule has 1 aromatic heterocycles. The summed E-state index contributed by atoms with van der Waals surface area (Å²) in [5, 5.41) is 3.94. The fraction of sp³-hybridized carbons (Fsp3) is 0.125. The molecule has 0 aliphatic heterocycles. The number of hydrogen-bond donors (Lipinski definition) is 1. The number of rotatable bonds is 4. The summed E-state index contributed by atoms with van der Waals surface area (Å²) in [5.74, 6) is 0. The summed E-state index contributed by atoms with van der Waals surface area (Å²) in [4.78, 5) is 0. The van der Waals surface area contributed by atoms with Crippen molar-refractivity contribution in [2.24, 2.45) is 0 Å². The summed E-state index contributed by atoms with van der Waals surface area (Å²) in [5.41, 5.74) is 0.980. The van der Waals surface area contributed by atoms with E-state index >= 15 is 0 Å². The molecule has 0 fully saturated rings. The first-order chi connectivity index (χ1) is 10.1. The third-order valence-corrected chi connectivity index (χ3v) is 6.32. The van der Waals surface area contributed by atoms with Crippen LogP contribution in [0.3, 0.4) is 0 Å². The van der Waals surface area contributed by atoms with Crippen molar-refractivity contribution in [1.82, 2.24) is 4.72 Å². The Labute approximate surface area is 128 Å². The maximum atomic E-state index is 12.3. The number of sulfonamides is 1. The standard InChI is InChI=1S/C16H15NO2S2/c1-12(17-21(18,19)16-10-5-11-20-16)14-9-4-7-13-6-2-3-8-15(13)14/h2-12,17H,1H3/t12-/m0/s1. The molecule has 0 aliphatic carbocycles. The average Bonchev–Trinajstić information content (AvgIpc) is 3.01. The molecule has 0 saturated heterocycles. The van der Waals surface area contributed by atoms with Gasteiger partial charge in [0.25, 0.3) is 10.0 Å². The number of nitrogens with one attached hydrogen (secondary N) is 1. The molecule has 0 radical (unpaired) electrons. The van der Waals surface area contributed by atoms with Crippen LogP contribution in [0, 0.1) is 0 Å². The Bertz CT molecular complexity index is 850. The lowest BCUT2D eigenvalue weighted by Gasteiger charge is -2.16. The molecular formula is C16H15NO2S2. The lowest BCUT2D eigenvalue weighted by molar-refractivity contribution is 0.570. The van der Waals surface area contributed by atoms with E-state index in [-0.39, 0.29) is 6.04 Å². The SMILES string of the molecule is C[C@H](NS(=O)(=O)c1cccs1)c1cccc2ccccc12. The molecule has 0 saturated carbocycles. The molecule has 1 heterocycles. The van der Waals surface area contributed by atoms with E-state index in [0.717, 1.165) is 16.3 Å². The average molecular weight is 317 g/mol. The molecule has 21 heavy (non-hydrogen) atoms. The van der Waals surface area contributed by atoms with Crippen LogP contribution in [0.5, 0.6) is 0 Å². The zero-order chi connectivity index (χ0) is 14.9. The minimum absolute atomic E-state index is 0.289. The molecule has 3 aromatic rings. The molecule has 1 N–H and O–H groups in total. The largest absolute Gasteiger partial charge is 0.250 e. The van der Waals surface area contributed by atoms with E-state index < -0.39 is 10.0 Å². The van der Waals surface area contributed by atoms with Gasteiger partial charge < -0.3 is 0 Å². The van der Waals surface area contributed by atoms with Gasteiger partial charge in [-0.1, -0.05) is 48.5 Å². The minimum atomic E-state index is -3.46. The number of hydrogen-bond acceptors (Lipinski definition) is 3. The van der Waals surface area contributed by atoms with Gasteiger partial charge in [-0.15, -0.1) is 11.3 Å². The predicted octanol–water partition coefficient (Wildman–Crippen LogP) is 3.94. The van der Waals surface area contributed by atoms with Gasteiger partial charge in [0.1, 0.15) is 4.21 Å². The summed E-state index contributed by atoms with van der Waals surface area (Å²) < 4.78 is 27.7. The number of fused-ring (bicyclic) bond motifs is 1. The Hall–Kier alpha value is -1.69. The molecule has 3 nitrogen and oxygen atoms in total. The highest BCUT2D eigenvalue weighted by Crippen LogP contribution is 2.26. The molecule has 2 aromatic carbocycles. The molecular weight excluding hydrogens is 302 g/mol. The summed E-state index contributed by atoms with van der Waals surface area (Å²) >= 11 is 1.22. The van der Waals surface area contributed by atoms with Crippen LogP contribution in [0.15, 0.2) is 64.2 Å². The highest BCUT2D eigenvalue weighted by atomic mass is 32.2. The molecule has 108 valence electrons. The number of benzene rings is 2. The van der Waals surface area contributed by atoms with Crippen molar-refractivity contribution in [2.45, 2.75) is 17.2 Å². The van der Waals surface area contributed by atoms with Crippen molar-refractivity contribution in [3.63, 3.8) is 0 Å². The smallest absolute Gasteiger partial charge is 0.206 e. The summed E-state index contributed by atoms with van der Waals surface area (Å²) in [6.45, 7) is 1.87. The Morgan fingerprint density at radius 2 is 1.76 bits per heavy atom. The molecule has 0 aliphatic rings. The molecule has 0 unspecified atom stereocenters.